The second-order valence-electron chi connectivity index (χ2n) is 5.88. The van der Waals surface area contributed by atoms with Gasteiger partial charge in [0.05, 0.1) is 5.56 Å². The summed E-state index contributed by atoms with van der Waals surface area (Å²) in [5.41, 5.74) is 0.200. The molecule has 108 valence electrons. The molecule has 2 nitrogen and oxygen atoms in total. The highest BCUT2D eigenvalue weighted by Crippen LogP contribution is 2.36. The molecule has 2 fully saturated rings. The van der Waals surface area contributed by atoms with E-state index in [2.05, 4.69) is 15.9 Å². The third-order valence-electron chi connectivity index (χ3n) is 4.66. The van der Waals surface area contributed by atoms with E-state index in [4.69, 9.17) is 0 Å². The Kier molecular flexibility index (Phi) is 4.11. The molecule has 1 aliphatic heterocycles. The molecule has 0 unspecified atom stereocenters. The quantitative estimate of drug-likeness (QED) is 0.743. The van der Waals surface area contributed by atoms with Gasteiger partial charge in [-0.05, 0) is 49.8 Å². The summed E-state index contributed by atoms with van der Waals surface area (Å²) in [6, 6.07) is 4.92. The predicted octanol–water partition coefficient (Wildman–Crippen LogP) is 4.38. The van der Waals surface area contributed by atoms with Crippen LogP contribution in [0, 0.1) is 11.7 Å². The Morgan fingerprint density at radius 2 is 1.95 bits per heavy atom. The van der Waals surface area contributed by atoms with Crippen LogP contribution in [0.4, 0.5) is 4.39 Å². The molecule has 1 amide bonds. The van der Waals surface area contributed by atoms with Crippen molar-refractivity contribution >= 4 is 21.8 Å². The van der Waals surface area contributed by atoms with Crippen molar-refractivity contribution in [1.29, 1.82) is 0 Å². The summed E-state index contributed by atoms with van der Waals surface area (Å²) in [5, 5.41) is 0. The molecule has 1 saturated heterocycles. The minimum Gasteiger partial charge on any atom is -0.335 e. The van der Waals surface area contributed by atoms with Gasteiger partial charge in [0, 0.05) is 17.1 Å². The third-order valence-corrected chi connectivity index (χ3v) is 5.16. The van der Waals surface area contributed by atoms with Crippen molar-refractivity contribution in [2.45, 2.75) is 44.6 Å². The number of rotatable bonds is 1. The van der Waals surface area contributed by atoms with E-state index in [1.807, 2.05) is 4.90 Å². The Morgan fingerprint density at radius 1 is 1.20 bits per heavy atom. The lowest BCUT2D eigenvalue weighted by atomic mass is 9.78. The van der Waals surface area contributed by atoms with Crippen LogP contribution >= 0.6 is 15.9 Å². The van der Waals surface area contributed by atoms with Crippen LogP contribution in [0.5, 0.6) is 0 Å². The van der Waals surface area contributed by atoms with Crippen molar-refractivity contribution in [3.05, 3.63) is 34.1 Å². The topological polar surface area (TPSA) is 20.3 Å². The summed E-state index contributed by atoms with van der Waals surface area (Å²) >= 11 is 3.32. The molecule has 4 heteroatoms. The summed E-state index contributed by atoms with van der Waals surface area (Å²) in [5.74, 6) is 0.0631. The van der Waals surface area contributed by atoms with Crippen LogP contribution in [0.25, 0.3) is 0 Å². The predicted molar refractivity (Wildman–Crippen MR) is 80.1 cm³/mol. The summed E-state index contributed by atoms with van der Waals surface area (Å²) < 4.78 is 14.7. The molecule has 1 aromatic rings. The molecule has 1 saturated carbocycles. The number of carbonyl (C=O) groups excluding carboxylic acids is 1. The van der Waals surface area contributed by atoms with Crippen LogP contribution in [0.3, 0.4) is 0 Å². The van der Waals surface area contributed by atoms with Gasteiger partial charge in [0.1, 0.15) is 5.82 Å². The Hall–Kier alpha value is -0.900. The molecule has 1 aromatic carbocycles. The maximum Gasteiger partial charge on any atom is 0.257 e. The van der Waals surface area contributed by atoms with Crippen LogP contribution in [-0.2, 0) is 0 Å². The van der Waals surface area contributed by atoms with Crippen molar-refractivity contribution in [3.63, 3.8) is 0 Å². The van der Waals surface area contributed by atoms with Gasteiger partial charge in [0.15, 0.2) is 0 Å². The summed E-state index contributed by atoms with van der Waals surface area (Å²) in [7, 11) is 0. The van der Waals surface area contributed by atoms with Crippen molar-refractivity contribution in [2.24, 2.45) is 5.92 Å². The number of halogens is 2. The van der Waals surface area contributed by atoms with Crippen LogP contribution in [0.2, 0.25) is 0 Å². The number of amides is 1. The van der Waals surface area contributed by atoms with Crippen molar-refractivity contribution in [3.8, 4) is 0 Å². The first-order chi connectivity index (χ1) is 9.66. The fourth-order valence-corrected chi connectivity index (χ4v) is 4.05. The van der Waals surface area contributed by atoms with Gasteiger partial charge in [-0.1, -0.05) is 28.8 Å². The zero-order valence-corrected chi connectivity index (χ0v) is 13.0. The molecule has 0 spiro atoms. The summed E-state index contributed by atoms with van der Waals surface area (Å²) in [6.45, 7) is 0.770. The van der Waals surface area contributed by atoms with Gasteiger partial charge in [-0.2, -0.15) is 0 Å². The van der Waals surface area contributed by atoms with Gasteiger partial charge in [0.25, 0.3) is 5.91 Å². The monoisotopic (exact) mass is 339 g/mol. The molecule has 0 radical (unpaired) electrons. The van der Waals surface area contributed by atoms with E-state index in [1.54, 1.807) is 12.1 Å². The lowest BCUT2D eigenvalue weighted by Crippen LogP contribution is -2.49. The SMILES string of the molecule is O=C(c1cc(Br)ccc1F)N1CCC[C@H]2CCCC[C@H]21. The van der Waals surface area contributed by atoms with Gasteiger partial charge in [0.2, 0.25) is 0 Å². The number of carbonyl (C=O) groups is 1. The zero-order valence-electron chi connectivity index (χ0n) is 11.4. The van der Waals surface area contributed by atoms with E-state index in [-0.39, 0.29) is 11.5 Å². The second-order valence-corrected chi connectivity index (χ2v) is 6.79. The molecular formula is C16H19BrFNO. The molecule has 2 atom stereocenters. The Labute approximate surface area is 127 Å². The van der Waals surface area contributed by atoms with E-state index < -0.39 is 5.82 Å². The van der Waals surface area contributed by atoms with E-state index >= 15 is 0 Å². The first-order valence-corrected chi connectivity index (χ1v) is 8.22. The smallest absolute Gasteiger partial charge is 0.257 e. The number of piperidine rings is 1. The average Bonchev–Trinajstić information content (AvgIpc) is 2.48. The normalized spacial score (nSPS) is 26.2. The summed E-state index contributed by atoms with van der Waals surface area (Å²) in [6.07, 6.45) is 7.01. The van der Waals surface area contributed by atoms with Crippen LogP contribution in [0.1, 0.15) is 48.9 Å². The summed E-state index contributed by atoms with van der Waals surface area (Å²) in [4.78, 5) is 14.6. The highest BCUT2D eigenvalue weighted by atomic mass is 79.9. The van der Waals surface area contributed by atoms with E-state index in [9.17, 15) is 9.18 Å². The highest BCUT2D eigenvalue weighted by molar-refractivity contribution is 9.10. The molecule has 0 bridgehead atoms. The Bertz CT molecular complexity index is 517. The van der Waals surface area contributed by atoms with Crippen molar-refractivity contribution < 1.29 is 9.18 Å². The lowest BCUT2D eigenvalue weighted by molar-refractivity contribution is 0.0386. The van der Waals surface area contributed by atoms with Gasteiger partial charge < -0.3 is 4.90 Å². The molecule has 20 heavy (non-hydrogen) atoms. The first kappa shape index (κ1) is 14.1. The van der Waals surface area contributed by atoms with Crippen LogP contribution in [-0.4, -0.2) is 23.4 Å². The Morgan fingerprint density at radius 3 is 2.80 bits per heavy atom. The van der Waals surface area contributed by atoms with E-state index in [0.29, 0.717) is 12.0 Å². The zero-order chi connectivity index (χ0) is 14.1. The van der Waals surface area contributed by atoms with Crippen LogP contribution < -0.4 is 0 Å². The third kappa shape index (κ3) is 2.62. The maximum atomic E-state index is 13.9. The van der Waals surface area contributed by atoms with Gasteiger partial charge in [-0.15, -0.1) is 0 Å². The standard InChI is InChI=1S/C16H19BrFNO/c17-12-7-8-14(18)13(10-12)16(20)19-9-3-5-11-4-1-2-6-15(11)19/h7-8,10-11,15H,1-6,9H2/t11-,15-/m1/s1. The molecule has 2 aliphatic rings. The minimum atomic E-state index is -0.420. The van der Waals surface area contributed by atoms with Crippen LogP contribution in [0.15, 0.2) is 22.7 Å². The molecular weight excluding hydrogens is 321 g/mol. The molecule has 1 aliphatic carbocycles. The Balaban J connectivity index is 1.87. The fraction of sp³-hybridized carbons (Fsp3) is 0.562. The van der Waals surface area contributed by atoms with Crippen molar-refractivity contribution in [1.82, 2.24) is 4.90 Å². The largest absolute Gasteiger partial charge is 0.335 e. The number of hydrogen-bond donors (Lipinski definition) is 0. The molecule has 3 rings (SSSR count). The maximum absolute atomic E-state index is 13.9. The molecule has 0 aromatic heterocycles. The lowest BCUT2D eigenvalue weighted by Gasteiger charge is -2.44. The second kappa shape index (κ2) is 5.84. The van der Waals surface area contributed by atoms with Crippen molar-refractivity contribution in [2.75, 3.05) is 6.54 Å². The number of nitrogens with zero attached hydrogens (tertiary/aromatic N) is 1. The van der Waals surface area contributed by atoms with E-state index in [1.165, 1.54) is 31.7 Å². The number of likely N-dealkylation sites (tertiary alicyclic amines) is 1. The molecule has 1 heterocycles. The van der Waals surface area contributed by atoms with Gasteiger partial charge >= 0.3 is 0 Å². The van der Waals surface area contributed by atoms with Gasteiger partial charge in [-0.3, -0.25) is 4.79 Å². The highest BCUT2D eigenvalue weighted by Gasteiger charge is 2.36. The first-order valence-electron chi connectivity index (χ1n) is 7.43. The van der Waals surface area contributed by atoms with Gasteiger partial charge in [-0.25, -0.2) is 4.39 Å². The number of fused-ring (bicyclic) bond motifs is 1. The fourth-order valence-electron chi connectivity index (χ4n) is 3.69. The van der Waals surface area contributed by atoms with E-state index in [0.717, 1.165) is 23.9 Å². The number of hydrogen-bond acceptors (Lipinski definition) is 1. The molecule has 0 N–H and O–H groups in total. The number of benzene rings is 1. The average molecular weight is 340 g/mol. The minimum absolute atomic E-state index is 0.139.